The molecule has 1 unspecified atom stereocenters. The lowest BCUT2D eigenvalue weighted by Crippen LogP contribution is -2.42. The number of nitrogens with zero attached hydrogens (tertiary/aromatic N) is 1. The number of benzene rings is 2. The molecule has 0 spiro atoms. The van der Waals surface area contributed by atoms with Gasteiger partial charge in [-0.25, -0.2) is 4.99 Å². The Labute approximate surface area is 149 Å². The number of halogens is 3. The van der Waals surface area contributed by atoms with E-state index >= 15 is 0 Å². The summed E-state index contributed by atoms with van der Waals surface area (Å²) >= 11 is 0. The van der Waals surface area contributed by atoms with Gasteiger partial charge in [-0.05, 0) is 41.7 Å². The number of aliphatic hydroxyl groups is 1. The van der Waals surface area contributed by atoms with Gasteiger partial charge in [-0.1, -0.05) is 36.4 Å². The van der Waals surface area contributed by atoms with E-state index in [0.29, 0.717) is 12.0 Å². The van der Waals surface area contributed by atoms with Crippen molar-refractivity contribution in [3.8, 4) is 0 Å². The summed E-state index contributed by atoms with van der Waals surface area (Å²) in [6.45, 7) is 0.222. The Balaban J connectivity index is 1.62. The van der Waals surface area contributed by atoms with E-state index < -0.39 is 17.3 Å². The Bertz CT molecular complexity index is 820. The maximum Gasteiger partial charge on any atom is 0.416 e. The second kappa shape index (κ2) is 6.99. The molecule has 1 atom stereocenters. The fourth-order valence-electron chi connectivity index (χ4n) is 3.17. The molecule has 0 saturated carbocycles. The number of rotatable bonds is 4. The van der Waals surface area contributed by atoms with Crippen LogP contribution < -0.4 is 11.1 Å². The third-order valence-electron chi connectivity index (χ3n) is 4.57. The molecule has 0 fully saturated rings. The first kappa shape index (κ1) is 18.3. The molecule has 0 saturated heterocycles. The fraction of sp³-hybridized carbons (Fsp3) is 0.316. The topological polar surface area (TPSA) is 70.6 Å². The van der Waals surface area contributed by atoms with Crippen LogP contribution in [0.3, 0.4) is 0 Å². The molecule has 2 aromatic rings. The molecule has 2 aromatic carbocycles. The lowest BCUT2D eigenvalue weighted by Gasteiger charge is -2.24. The molecule has 0 bridgehead atoms. The van der Waals surface area contributed by atoms with E-state index in [1.807, 2.05) is 24.3 Å². The van der Waals surface area contributed by atoms with Crippen LogP contribution in [0.1, 0.15) is 28.7 Å². The zero-order chi connectivity index (χ0) is 18.8. The molecular weight excluding hydrogens is 343 g/mol. The zero-order valence-electron chi connectivity index (χ0n) is 14.1. The Hall–Kier alpha value is -2.54. The average molecular weight is 363 g/mol. The predicted molar refractivity (Wildman–Crippen MR) is 93.4 cm³/mol. The normalized spacial score (nSPS) is 20.1. The van der Waals surface area contributed by atoms with Crippen LogP contribution in [0.25, 0.3) is 0 Å². The van der Waals surface area contributed by atoms with Crippen molar-refractivity contribution in [1.29, 1.82) is 0 Å². The zero-order valence-corrected chi connectivity index (χ0v) is 14.1. The van der Waals surface area contributed by atoms with Crippen LogP contribution >= 0.6 is 0 Å². The van der Waals surface area contributed by atoms with E-state index in [-0.39, 0.29) is 19.0 Å². The molecule has 1 aliphatic carbocycles. The van der Waals surface area contributed by atoms with E-state index in [1.54, 1.807) is 6.07 Å². The van der Waals surface area contributed by atoms with Gasteiger partial charge in [0, 0.05) is 0 Å². The van der Waals surface area contributed by atoms with Crippen LogP contribution in [0.5, 0.6) is 0 Å². The lowest BCUT2D eigenvalue weighted by molar-refractivity contribution is -0.137. The van der Waals surface area contributed by atoms with Crippen molar-refractivity contribution in [1.82, 2.24) is 5.32 Å². The van der Waals surface area contributed by atoms with E-state index in [1.165, 1.54) is 6.07 Å². The second-order valence-electron chi connectivity index (χ2n) is 6.44. The van der Waals surface area contributed by atoms with Gasteiger partial charge in [0.1, 0.15) is 5.60 Å². The van der Waals surface area contributed by atoms with Crippen molar-refractivity contribution in [3.63, 3.8) is 0 Å². The summed E-state index contributed by atoms with van der Waals surface area (Å²) in [6.07, 6.45) is -3.02. The highest BCUT2D eigenvalue weighted by Gasteiger charge is 2.36. The summed E-state index contributed by atoms with van der Waals surface area (Å²) in [6, 6.07) is 12.7. The smallest absolute Gasteiger partial charge is 0.383 e. The minimum atomic E-state index is -4.39. The van der Waals surface area contributed by atoms with Crippen molar-refractivity contribution in [3.05, 3.63) is 70.8 Å². The highest BCUT2D eigenvalue weighted by atomic mass is 19.4. The van der Waals surface area contributed by atoms with Gasteiger partial charge in [0.15, 0.2) is 5.96 Å². The highest BCUT2D eigenvalue weighted by Crippen LogP contribution is 2.36. The van der Waals surface area contributed by atoms with Gasteiger partial charge in [-0.3, -0.25) is 0 Å². The van der Waals surface area contributed by atoms with Gasteiger partial charge in [-0.15, -0.1) is 0 Å². The Kier molecular flexibility index (Phi) is 4.91. The number of aryl methyl sites for hydroxylation is 1. The molecule has 1 aliphatic rings. The summed E-state index contributed by atoms with van der Waals surface area (Å²) in [4.78, 5) is 4.07. The molecule has 4 N–H and O–H groups in total. The van der Waals surface area contributed by atoms with Gasteiger partial charge in [0.2, 0.25) is 0 Å². The van der Waals surface area contributed by atoms with Crippen molar-refractivity contribution in [2.45, 2.75) is 31.2 Å². The van der Waals surface area contributed by atoms with Gasteiger partial charge >= 0.3 is 6.18 Å². The van der Waals surface area contributed by atoms with Crippen LogP contribution in [0.2, 0.25) is 0 Å². The number of hydrogen-bond donors (Lipinski definition) is 3. The molecule has 0 aliphatic heterocycles. The fourth-order valence-corrected chi connectivity index (χ4v) is 3.17. The maximum absolute atomic E-state index is 12.7. The Morgan fingerprint density at radius 2 is 1.96 bits per heavy atom. The van der Waals surface area contributed by atoms with E-state index in [4.69, 9.17) is 5.73 Å². The first-order valence-electron chi connectivity index (χ1n) is 8.29. The molecule has 3 rings (SSSR count). The first-order chi connectivity index (χ1) is 12.3. The average Bonchev–Trinajstić information content (AvgIpc) is 2.96. The SMILES string of the molecule is NC(=NCc1cccc(C(F)(F)F)c1)NCC1(O)CCc2ccccc21. The monoisotopic (exact) mass is 363 g/mol. The van der Waals surface area contributed by atoms with E-state index in [0.717, 1.165) is 29.7 Å². The summed E-state index contributed by atoms with van der Waals surface area (Å²) in [5.74, 6) is 0.0835. The van der Waals surface area contributed by atoms with Crippen molar-refractivity contribution in [2.24, 2.45) is 10.7 Å². The van der Waals surface area contributed by atoms with Crippen molar-refractivity contribution in [2.75, 3.05) is 6.54 Å². The largest absolute Gasteiger partial charge is 0.416 e. The second-order valence-corrected chi connectivity index (χ2v) is 6.44. The van der Waals surface area contributed by atoms with Crippen LogP contribution in [0.15, 0.2) is 53.5 Å². The first-order valence-corrected chi connectivity index (χ1v) is 8.29. The molecule has 0 heterocycles. The minimum absolute atomic E-state index is 0.0256. The summed E-state index contributed by atoms with van der Waals surface area (Å²) in [7, 11) is 0. The number of nitrogens with one attached hydrogen (secondary N) is 1. The molecule has 4 nitrogen and oxygen atoms in total. The van der Waals surface area contributed by atoms with Gasteiger partial charge in [0.05, 0.1) is 18.7 Å². The summed E-state index contributed by atoms with van der Waals surface area (Å²) in [5, 5.41) is 13.7. The number of alkyl halides is 3. The number of nitrogens with two attached hydrogens (primary N) is 1. The highest BCUT2D eigenvalue weighted by molar-refractivity contribution is 5.78. The third-order valence-corrected chi connectivity index (χ3v) is 4.57. The number of aliphatic imine (C=N–C) groups is 1. The van der Waals surface area contributed by atoms with Crippen LogP contribution in [-0.2, 0) is 24.7 Å². The predicted octanol–water partition coefficient (Wildman–Crippen LogP) is 2.94. The lowest BCUT2D eigenvalue weighted by atomic mass is 9.96. The maximum atomic E-state index is 12.7. The van der Waals surface area contributed by atoms with Crippen LogP contribution in [0.4, 0.5) is 13.2 Å². The number of guanidine groups is 1. The number of hydrogen-bond acceptors (Lipinski definition) is 2. The van der Waals surface area contributed by atoms with Crippen molar-refractivity contribution >= 4 is 5.96 Å². The molecule has 0 aromatic heterocycles. The minimum Gasteiger partial charge on any atom is -0.383 e. The molecule has 26 heavy (non-hydrogen) atoms. The van der Waals surface area contributed by atoms with Gasteiger partial charge in [0.25, 0.3) is 0 Å². The molecule has 7 heteroatoms. The molecular formula is C19H20F3N3O. The standard InChI is InChI=1S/C19H20F3N3O/c20-19(21,22)15-6-3-4-13(10-15)11-24-17(23)25-12-18(26)9-8-14-5-1-2-7-16(14)18/h1-7,10,26H,8-9,11-12H2,(H3,23,24,25). The Morgan fingerprint density at radius 1 is 1.19 bits per heavy atom. The quantitative estimate of drug-likeness (QED) is 0.578. The van der Waals surface area contributed by atoms with E-state index in [9.17, 15) is 18.3 Å². The van der Waals surface area contributed by atoms with Crippen LogP contribution in [0, 0.1) is 0 Å². The summed E-state index contributed by atoms with van der Waals surface area (Å²) in [5.41, 5.74) is 6.47. The summed E-state index contributed by atoms with van der Waals surface area (Å²) < 4.78 is 38.2. The Morgan fingerprint density at radius 3 is 2.73 bits per heavy atom. The van der Waals surface area contributed by atoms with Crippen molar-refractivity contribution < 1.29 is 18.3 Å². The third kappa shape index (κ3) is 3.99. The van der Waals surface area contributed by atoms with Gasteiger partial charge < -0.3 is 16.2 Å². The van der Waals surface area contributed by atoms with Gasteiger partial charge in [-0.2, -0.15) is 13.2 Å². The molecule has 0 radical (unpaired) electrons. The molecule has 138 valence electrons. The number of fused-ring (bicyclic) bond motifs is 1. The molecule has 0 amide bonds. The van der Waals surface area contributed by atoms with E-state index in [2.05, 4.69) is 10.3 Å². The van der Waals surface area contributed by atoms with Crippen LogP contribution in [-0.4, -0.2) is 17.6 Å².